The standard InChI is InChI=1S/C68H86FN11O8S/c1-39-50-12-10-11-45-29-48(81)30-51(56(45)50)57-55(39)58-52(33-70-57)61(78-34-46-17-18-47(35-78)80(46)65(86)88-67(7,8)9)75-64(74-58)87-28-27-76-23-19-42(20-24-76)32-68(69)21-25-77(26-22-68)37-54(83)73-60(66(4,5)6)63(85)79-36-49(82)31-53(79)62(84)72-40(2)43-13-15-44(16-14-43)59-41(3)71-38-89-59/h10-16,29-30,33,38-40,42,46-47,49,53,60,81-82H,17-28,31-32,34-37H2,1-9H3,(H,72,84)(H,73,83)/t39?,40-,46?,47?,49+,53-,60+/m0/s1. The van der Waals surface area contributed by atoms with Crippen molar-refractivity contribution in [3.05, 3.63) is 88.7 Å². The second-order valence-corrected chi connectivity index (χ2v) is 29.0. The van der Waals surface area contributed by atoms with Gasteiger partial charge in [0.15, 0.2) is 0 Å². The Balaban J connectivity index is 0.641. The number of thiazole rings is 1. The molecule has 4 N–H and O–H groups in total. The Kier molecular flexibility index (Phi) is 17.2. The number of carbonyl (C=O) groups is 4. The highest BCUT2D eigenvalue weighted by Gasteiger charge is 2.47. The Labute approximate surface area is 524 Å². The van der Waals surface area contributed by atoms with Gasteiger partial charge < -0.3 is 40.1 Å². The van der Waals surface area contributed by atoms with Crippen LogP contribution in [0.25, 0.3) is 43.4 Å². The van der Waals surface area contributed by atoms with Gasteiger partial charge in [-0.15, -0.1) is 11.3 Å². The van der Waals surface area contributed by atoms with E-state index in [1.807, 2.05) is 113 Å². The number of nitrogens with one attached hydrogen (secondary N) is 2. The van der Waals surface area contributed by atoms with Crippen LogP contribution < -0.4 is 20.3 Å². The van der Waals surface area contributed by atoms with E-state index in [-0.39, 0.29) is 79.1 Å². The zero-order valence-corrected chi connectivity index (χ0v) is 53.7. The molecule has 0 radical (unpaired) electrons. The normalized spacial score (nSPS) is 22.9. The van der Waals surface area contributed by atoms with Crippen LogP contribution in [-0.4, -0.2) is 181 Å². The van der Waals surface area contributed by atoms with E-state index >= 15 is 4.39 Å². The molecule has 3 aromatic carbocycles. The van der Waals surface area contributed by atoms with Crippen molar-refractivity contribution < 1.29 is 43.3 Å². The van der Waals surface area contributed by atoms with E-state index in [0.717, 1.165) is 105 Å². The summed E-state index contributed by atoms with van der Waals surface area (Å²) in [6.07, 6.45) is 5.27. The zero-order chi connectivity index (χ0) is 62.8. The Bertz CT molecular complexity index is 3630. The molecule has 8 heterocycles. The third kappa shape index (κ3) is 13.0. The summed E-state index contributed by atoms with van der Waals surface area (Å²) in [5.74, 6) is -0.124. The Morgan fingerprint density at radius 3 is 2.28 bits per heavy atom. The van der Waals surface area contributed by atoms with Gasteiger partial charge in [-0.3, -0.25) is 34.1 Å². The predicted octanol–water partition coefficient (Wildman–Crippen LogP) is 9.69. The van der Waals surface area contributed by atoms with Crippen molar-refractivity contribution >= 4 is 62.6 Å². The number of rotatable bonds is 15. The van der Waals surface area contributed by atoms with Crippen LogP contribution in [0, 0.1) is 18.3 Å². The van der Waals surface area contributed by atoms with E-state index < -0.39 is 40.8 Å². The number of aryl methyl sites for hydroxylation is 1. The summed E-state index contributed by atoms with van der Waals surface area (Å²) < 4.78 is 29.2. The Morgan fingerprint density at radius 2 is 1.61 bits per heavy atom. The van der Waals surface area contributed by atoms with Crippen LogP contribution in [-0.2, 0) is 19.1 Å². The minimum absolute atomic E-state index is 0.0104. The lowest BCUT2D eigenvalue weighted by atomic mass is 9.79. The van der Waals surface area contributed by atoms with Crippen LogP contribution in [0.4, 0.5) is 15.0 Å². The third-order valence-corrected chi connectivity index (χ3v) is 20.4. The van der Waals surface area contributed by atoms with E-state index in [2.05, 4.69) is 38.4 Å². The van der Waals surface area contributed by atoms with Crippen LogP contribution in [0.15, 0.2) is 66.3 Å². The first-order chi connectivity index (χ1) is 42.4. The highest BCUT2D eigenvalue weighted by atomic mass is 32.1. The molecule has 5 saturated heterocycles. The molecular formula is C68H86FN11O8S. The molecule has 6 aromatic rings. The van der Waals surface area contributed by atoms with Crippen molar-refractivity contribution in [3.63, 3.8) is 0 Å². The number of hydrogen-bond donors (Lipinski definition) is 4. The van der Waals surface area contributed by atoms with Gasteiger partial charge in [0.1, 0.15) is 41.5 Å². The number of aliphatic hydroxyl groups is 1. The lowest BCUT2D eigenvalue weighted by Crippen LogP contribution is -2.59. The fourth-order valence-corrected chi connectivity index (χ4v) is 15.6. The van der Waals surface area contributed by atoms with Gasteiger partial charge in [0.05, 0.1) is 63.5 Å². The summed E-state index contributed by atoms with van der Waals surface area (Å²) in [5.41, 5.74) is 6.49. The second kappa shape index (κ2) is 24.6. The summed E-state index contributed by atoms with van der Waals surface area (Å²) in [6, 6.07) is 15.6. The molecule has 6 aliphatic rings. The number of likely N-dealkylation sites (tertiary alicyclic amines) is 3. The largest absolute Gasteiger partial charge is 0.508 e. The number of amides is 4. The summed E-state index contributed by atoms with van der Waals surface area (Å²) in [4.78, 5) is 86.4. The summed E-state index contributed by atoms with van der Waals surface area (Å²) in [6.45, 7) is 21.9. The molecule has 1 aliphatic carbocycles. The maximum atomic E-state index is 16.8. The molecule has 2 bridgehead atoms. The number of pyridine rings is 1. The number of nitrogens with zero attached hydrogens (tertiary/aromatic N) is 9. The van der Waals surface area contributed by atoms with Gasteiger partial charge in [0.25, 0.3) is 0 Å². The Hall–Kier alpha value is -7.07. The minimum Gasteiger partial charge on any atom is -0.508 e. The topological polar surface area (TPSA) is 219 Å². The average Bonchev–Trinajstić information content (AvgIpc) is 1.31. The van der Waals surface area contributed by atoms with Gasteiger partial charge in [0, 0.05) is 68.9 Å². The van der Waals surface area contributed by atoms with Crippen molar-refractivity contribution in [1.82, 2.24) is 50.2 Å². The van der Waals surface area contributed by atoms with Crippen LogP contribution in [0.3, 0.4) is 0 Å². The smallest absolute Gasteiger partial charge is 0.410 e. The van der Waals surface area contributed by atoms with Gasteiger partial charge in [-0.25, -0.2) is 14.2 Å². The third-order valence-electron chi connectivity index (χ3n) is 19.5. The fourth-order valence-electron chi connectivity index (χ4n) is 14.8. The maximum Gasteiger partial charge on any atom is 0.410 e. The fraction of sp³-hybridized carbons (Fsp3) is 0.559. The van der Waals surface area contributed by atoms with Crippen LogP contribution in [0.2, 0.25) is 0 Å². The molecule has 0 saturated carbocycles. The number of anilines is 1. The molecule has 3 unspecified atom stereocenters. The van der Waals surface area contributed by atoms with E-state index in [4.69, 9.17) is 24.4 Å². The first-order valence-electron chi connectivity index (χ1n) is 31.9. The molecule has 12 rings (SSSR count). The molecule has 5 aliphatic heterocycles. The number of halogens is 1. The number of phenolic OH excluding ortho intramolecular Hbond substituents is 1. The number of aromatic hydroxyl groups is 1. The van der Waals surface area contributed by atoms with E-state index in [1.165, 1.54) is 4.90 Å². The van der Waals surface area contributed by atoms with Gasteiger partial charge in [-0.2, -0.15) is 9.97 Å². The molecule has 0 spiro atoms. The van der Waals surface area contributed by atoms with Crippen LogP contribution in [0.5, 0.6) is 11.8 Å². The predicted molar refractivity (Wildman–Crippen MR) is 342 cm³/mol. The van der Waals surface area contributed by atoms with Crippen molar-refractivity contribution in [1.29, 1.82) is 0 Å². The minimum atomic E-state index is -1.35. The van der Waals surface area contributed by atoms with E-state index in [9.17, 15) is 29.4 Å². The summed E-state index contributed by atoms with van der Waals surface area (Å²) in [7, 11) is 0. The first-order valence-corrected chi connectivity index (χ1v) is 32.8. The highest BCUT2D eigenvalue weighted by molar-refractivity contribution is 7.13. The first kappa shape index (κ1) is 62.1. The Morgan fingerprint density at radius 1 is 0.888 bits per heavy atom. The van der Waals surface area contributed by atoms with Gasteiger partial charge in [0.2, 0.25) is 17.7 Å². The molecule has 19 nitrogen and oxygen atoms in total. The number of hydrogen-bond acceptors (Lipinski definition) is 16. The van der Waals surface area contributed by atoms with Gasteiger partial charge in [-0.05, 0) is 144 Å². The van der Waals surface area contributed by atoms with Crippen LogP contribution >= 0.6 is 11.3 Å². The molecule has 4 amide bonds. The maximum absolute atomic E-state index is 16.8. The number of phenols is 1. The second-order valence-electron chi connectivity index (χ2n) is 28.1. The monoisotopic (exact) mass is 1240 g/mol. The molecular weight excluding hydrogens is 1150 g/mol. The molecule has 7 atom stereocenters. The number of benzene rings is 3. The lowest BCUT2D eigenvalue weighted by Gasteiger charge is -2.42. The van der Waals surface area contributed by atoms with Crippen molar-refractivity contribution in [3.8, 4) is 33.5 Å². The number of β-amino-alcohol motifs (C(OH)–C–C–N with tert-alkyl or cyclic N) is 1. The number of piperidine rings is 2. The van der Waals surface area contributed by atoms with E-state index in [1.54, 1.807) is 23.5 Å². The quantitative estimate of drug-likeness (QED) is 0.0752. The zero-order valence-electron chi connectivity index (χ0n) is 52.9. The SMILES string of the molecule is Cc1ncsc1-c1ccc([C@H](C)NC(=O)[C@@H]2C[C@@H](O)CN2C(=O)[C@@H](NC(=O)CN2CCC(F)(CC3CCN(CCOc4nc(N5CC6CCC(C5)N6C(=O)OC(C)(C)C)c5cnc6c(c5n4)C(C)c4cccc5cc(O)cc-6c45)CC3)CC2)C(C)(C)C)cc1. The molecule has 474 valence electrons. The number of aliphatic hydroxyl groups excluding tert-OH is 1. The van der Waals surface area contributed by atoms with E-state index in [0.29, 0.717) is 64.4 Å². The number of aromatic nitrogens is 4. The number of fused-ring (bicyclic) bond motifs is 6. The number of piperazine rings is 1. The summed E-state index contributed by atoms with van der Waals surface area (Å²) in [5, 5.41) is 30.6. The number of alkyl halides is 1. The molecule has 89 heavy (non-hydrogen) atoms. The van der Waals surface area contributed by atoms with Crippen molar-refractivity contribution in [2.45, 2.75) is 167 Å². The van der Waals surface area contributed by atoms with Gasteiger partial charge in [-0.1, -0.05) is 70.2 Å². The molecule has 3 aromatic heterocycles. The highest BCUT2D eigenvalue weighted by Crippen LogP contribution is 2.49. The average molecular weight is 1240 g/mol. The molecule has 21 heteroatoms. The molecule has 5 fully saturated rings. The van der Waals surface area contributed by atoms with Crippen molar-refractivity contribution in [2.24, 2.45) is 11.3 Å². The van der Waals surface area contributed by atoms with Crippen molar-refractivity contribution in [2.75, 3.05) is 70.4 Å². The lowest BCUT2D eigenvalue weighted by molar-refractivity contribution is -0.144. The van der Waals surface area contributed by atoms with Crippen LogP contribution in [0.1, 0.15) is 141 Å². The number of carbonyl (C=O) groups excluding carboxylic acids is 4. The number of ether oxygens (including phenoxy) is 2. The summed E-state index contributed by atoms with van der Waals surface area (Å²) >= 11 is 1.57. The van der Waals surface area contributed by atoms with Gasteiger partial charge >= 0.3 is 12.1 Å².